The van der Waals surface area contributed by atoms with Crippen LogP contribution in [0.3, 0.4) is 0 Å². The fourth-order valence-electron chi connectivity index (χ4n) is 2.72. The molecule has 3 aromatic rings. The quantitative estimate of drug-likeness (QED) is 0.671. The second-order valence-electron chi connectivity index (χ2n) is 6.30. The number of carbonyl (C=O) groups is 2. The Morgan fingerprint density at radius 2 is 2.07 bits per heavy atom. The van der Waals surface area contributed by atoms with Crippen molar-refractivity contribution in [2.45, 2.75) is 33.7 Å². The molecule has 0 aliphatic carbocycles. The largest absolute Gasteiger partial charge is 0.461 e. The standard InChI is InChI=1S/C19H20N4O5/c1-5-27-19(26)15-14-17(28-22-15)20-9-23(18(14)25)12(4)16(24)21-13-8-6-7-10(2)11(13)3/h6-9,12H,5H2,1-4H3,(H,21,24)/t12-/m1/s1. The summed E-state index contributed by atoms with van der Waals surface area (Å²) in [5.41, 5.74) is 1.67. The molecule has 0 aliphatic heterocycles. The fourth-order valence-corrected chi connectivity index (χ4v) is 2.72. The first-order valence-corrected chi connectivity index (χ1v) is 8.75. The highest BCUT2D eigenvalue weighted by Crippen LogP contribution is 2.20. The van der Waals surface area contributed by atoms with Crippen molar-refractivity contribution >= 4 is 28.7 Å². The van der Waals surface area contributed by atoms with E-state index < -0.39 is 23.5 Å². The predicted molar refractivity (Wildman–Crippen MR) is 101 cm³/mol. The number of nitrogens with zero attached hydrogens (tertiary/aromatic N) is 3. The molecule has 0 spiro atoms. The number of carbonyl (C=O) groups excluding carboxylic acids is 2. The smallest absolute Gasteiger partial charge is 0.361 e. The van der Waals surface area contributed by atoms with Crippen molar-refractivity contribution in [1.29, 1.82) is 0 Å². The van der Waals surface area contributed by atoms with Crippen molar-refractivity contribution in [3.8, 4) is 0 Å². The summed E-state index contributed by atoms with van der Waals surface area (Å²) in [6, 6.07) is 4.69. The van der Waals surface area contributed by atoms with Crippen molar-refractivity contribution in [1.82, 2.24) is 14.7 Å². The lowest BCUT2D eigenvalue weighted by Gasteiger charge is -2.16. The van der Waals surface area contributed by atoms with Gasteiger partial charge >= 0.3 is 5.97 Å². The SMILES string of the molecule is CCOC(=O)c1noc2ncn([C@H](C)C(=O)Nc3cccc(C)c3C)c(=O)c12. The number of esters is 1. The van der Waals surface area contributed by atoms with E-state index >= 15 is 0 Å². The maximum absolute atomic E-state index is 12.9. The summed E-state index contributed by atoms with van der Waals surface area (Å²) in [6.07, 6.45) is 1.19. The number of amides is 1. The molecule has 0 unspecified atom stereocenters. The number of rotatable bonds is 5. The lowest BCUT2D eigenvalue weighted by Crippen LogP contribution is -2.32. The van der Waals surface area contributed by atoms with Crippen molar-refractivity contribution in [3.05, 3.63) is 51.7 Å². The van der Waals surface area contributed by atoms with E-state index in [1.54, 1.807) is 19.9 Å². The third-order valence-electron chi connectivity index (χ3n) is 4.55. The lowest BCUT2D eigenvalue weighted by atomic mass is 10.1. The first-order chi connectivity index (χ1) is 13.3. The minimum Gasteiger partial charge on any atom is -0.461 e. The van der Waals surface area contributed by atoms with Gasteiger partial charge in [0.25, 0.3) is 11.3 Å². The van der Waals surface area contributed by atoms with Crippen LogP contribution in [0.25, 0.3) is 11.1 Å². The number of hydrogen-bond donors (Lipinski definition) is 1. The van der Waals surface area contributed by atoms with Crippen LogP contribution in [-0.4, -0.2) is 33.2 Å². The molecule has 0 radical (unpaired) electrons. The second-order valence-corrected chi connectivity index (χ2v) is 6.30. The topological polar surface area (TPSA) is 116 Å². The Balaban J connectivity index is 1.96. The van der Waals surface area contributed by atoms with Gasteiger partial charge in [-0.3, -0.25) is 14.2 Å². The van der Waals surface area contributed by atoms with E-state index in [1.165, 1.54) is 6.33 Å². The van der Waals surface area contributed by atoms with Gasteiger partial charge in [-0.1, -0.05) is 17.3 Å². The molecule has 2 aromatic heterocycles. The van der Waals surface area contributed by atoms with E-state index in [4.69, 9.17) is 9.26 Å². The van der Waals surface area contributed by atoms with Crippen LogP contribution in [0.2, 0.25) is 0 Å². The number of fused-ring (bicyclic) bond motifs is 1. The first-order valence-electron chi connectivity index (χ1n) is 8.75. The van der Waals surface area contributed by atoms with Crippen LogP contribution in [0.5, 0.6) is 0 Å². The highest BCUT2D eigenvalue weighted by atomic mass is 16.5. The number of nitrogens with one attached hydrogen (secondary N) is 1. The van der Waals surface area contributed by atoms with Crippen LogP contribution in [0, 0.1) is 13.8 Å². The molecule has 1 amide bonds. The van der Waals surface area contributed by atoms with Gasteiger partial charge in [0, 0.05) is 5.69 Å². The molecule has 28 heavy (non-hydrogen) atoms. The van der Waals surface area contributed by atoms with E-state index in [-0.39, 0.29) is 23.4 Å². The van der Waals surface area contributed by atoms with Gasteiger partial charge < -0.3 is 14.6 Å². The highest BCUT2D eigenvalue weighted by Gasteiger charge is 2.25. The second kappa shape index (κ2) is 7.63. The summed E-state index contributed by atoms with van der Waals surface area (Å²) < 4.78 is 11.0. The van der Waals surface area contributed by atoms with Crippen molar-refractivity contribution in [2.24, 2.45) is 0 Å². The molecule has 146 valence electrons. The first kappa shape index (κ1) is 19.3. The monoisotopic (exact) mass is 384 g/mol. The average Bonchev–Trinajstić information content (AvgIpc) is 3.10. The Bertz CT molecular complexity index is 1120. The predicted octanol–water partition coefficient (Wildman–Crippen LogP) is 2.38. The van der Waals surface area contributed by atoms with Gasteiger partial charge in [-0.2, -0.15) is 0 Å². The van der Waals surface area contributed by atoms with Crippen LogP contribution in [-0.2, 0) is 9.53 Å². The lowest BCUT2D eigenvalue weighted by molar-refractivity contribution is -0.118. The molecule has 3 rings (SSSR count). The van der Waals surface area contributed by atoms with Gasteiger partial charge in [0.2, 0.25) is 11.6 Å². The van der Waals surface area contributed by atoms with Gasteiger partial charge in [0.1, 0.15) is 17.8 Å². The Kier molecular flexibility index (Phi) is 5.25. The maximum atomic E-state index is 12.9. The number of aromatic nitrogens is 3. The van der Waals surface area contributed by atoms with Gasteiger partial charge in [0.15, 0.2) is 0 Å². The van der Waals surface area contributed by atoms with E-state index in [2.05, 4.69) is 15.5 Å². The van der Waals surface area contributed by atoms with Gasteiger partial charge in [-0.25, -0.2) is 9.78 Å². The Hall–Kier alpha value is -3.49. The molecule has 1 atom stereocenters. The van der Waals surface area contributed by atoms with Gasteiger partial charge in [-0.05, 0) is 44.9 Å². The minimum absolute atomic E-state index is 0.0913. The molecule has 0 aliphatic rings. The molecule has 2 heterocycles. The summed E-state index contributed by atoms with van der Waals surface area (Å²) in [5.74, 6) is -1.18. The average molecular weight is 384 g/mol. The van der Waals surface area contributed by atoms with Crippen LogP contribution >= 0.6 is 0 Å². The summed E-state index contributed by atoms with van der Waals surface area (Å²) >= 11 is 0. The van der Waals surface area contributed by atoms with E-state index in [0.717, 1.165) is 15.7 Å². The van der Waals surface area contributed by atoms with Gasteiger partial charge in [0.05, 0.1) is 6.61 Å². The van der Waals surface area contributed by atoms with Crippen LogP contribution in [0.15, 0.2) is 33.8 Å². The Labute approximate surface area is 160 Å². The molecule has 1 aromatic carbocycles. The summed E-state index contributed by atoms with van der Waals surface area (Å²) in [5, 5.41) is 6.28. The molecule has 0 saturated carbocycles. The van der Waals surface area contributed by atoms with E-state index in [0.29, 0.717) is 5.69 Å². The fraction of sp³-hybridized carbons (Fsp3) is 0.316. The number of hydrogen-bond acceptors (Lipinski definition) is 7. The molecule has 0 fully saturated rings. The molecule has 0 bridgehead atoms. The normalized spacial score (nSPS) is 12.0. The Morgan fingerprint density at radius 1 is 1.32 bits per heavy atom. The third-order valence-corrected chi connectivity index (χ3v) is 4.55. The zero-order valence-corrected chi connectivity index (χ0v) is 16.0. The van der Waals surface area contributed by atoms with Crippen LogP contribution in [0.1, 0.15) is 41.5 Å². The van der Waals surface area contributed by atoms with Crippen molar-refractivity contribution in [2.75, 3.05) is 11.9 Å². The minimum atomic E-state index is -0.880. The number of benzene rings is 1. The summed E-state index contributed by atoms with van der Waals surface area (Å²) in [4.78, 5) is 41.6. The third kappa shape index (κ3) is 3.38. The van der Waals surface area contributed by atoms with Crippen molar-refractivity contribution < 1.29 is 18.8 Å². The highest BCUT2D eigenvalue weighted by molar-refractivity contribution is 6.00. The van der Waals surface area contributed by atoms with Gasteiger partial charge in [-0.15, -0.1) is 0 Å². The summed E-state index contributed by atoms with van der Waals surface area (Å²) in [7, 11) is 0. The maximum Gasteiger partial charge on any atom is 0.361 e. The Morgan fingerprint density at radius 3 is 2.79 bits per heavy atom. The van der Waals surface area contributed by atoms with Crippen molar-refractivity contribution in [3.63, 3.8) is 0 Å². The molecule has 9 heteroatoms. The molecule has 0 saturated heterocycles. The zero-order valence-electron chi connectivity index (χ0n) is 16.0. The molecular formula is C19H20N4O5. The number of ether oxygens (including phenoxy) is 1. The van der Waals surface area contributed by atoms with Crippen LogP contribution in [0.4, 0.5) is 5.69 Å². The van der Waals surface area contributed by atoms with E-state index in [1.807, 2.05) is 26.0 Å². The number of anilines is 1. The summed E-state index contributed by atoms with van der Waals surface area (Å²) in [6.45, 7) is 7.16. The molecular weight excluding hydrogens is 364 g/mol. The zero-order chi connectivity index (χ0) is 20.4. The molecule has 9 nitrogen and oxygen atoms in total. The van der Waals surface area contributed by atoms with E-state index in [9.17, 15) is 14.4 Å². The molecule has 1 N–H and O–H groups in total. The number of aryl methyl sites for hydroxylation is 1. The van der Waals surface area contributed by atoms with Crippen LogP contribution < -0.4 is 10.9 Å².